The van der Waals surface area contributed by atoms with Crippen molar-refractivity contribution in [3.8, 4) is 0 Å². The zero-order chi connectivity index (χ0) is 14.2. The molecule has 0 saturated carbocycles. The van der Waals surface area contributed by atoms with E-state index < -0.39 is 0 Å². The van der Waals surface area contributed by atoms with Gasteiger partial charge in [0.15, 0.2) is 0 Å². The van der Waals surface area contributed by atoms with Gasteiger partial charge in [0, 0.05) is 77.0 Å². The van der Waals surface area contributed by atoms with E-state index in [0.717, 1.165) is 0 Å². The van der Waals surface area contributed by atoms with E-state index in [9.17, 15) is 0 Å². The van der Waals surface area contributed by atoms with Gasteiger partial charge in [-0.2, -0.15) is 0 Å². The molecule has 150 valence electrons. The monoisotopic (exact) mass is 462 g/mol. The van der Waals surface area contributed by atoms with Crippen LogP contribution in [0.25, 0.3) is 0 Å². The second-order valence-electron chi connectivity index (χ2n) is 5.93. The first kappa shape index (κ1) is 30.4. The van der Waals surface area contributed by atoms with Gasteiger partial charge in [0.05, 0.1) is 0 Å². The number of nitrogens with zero attached hydrogens (tertiary/aromatic N) is 4. The van der Waals surface area contributed by atoms with E-state index in [1.165, 1.54) is 77.0 Å². The van der Waals surface area contributed by atoms with Crippen LogP contribution in [-0.4, -0.2) is 111 Å². The minimum atomic E-state index is 0. The van der Waals surface area contributed by atoms with Gasteiger partial charge in [0.2, 0.25) is 0 Å². The lowest BCUT2D eigenvalue weighted by atomic mass is 10.3. The molecule has 2 aliphatic rings. The van der Waals surface area contributed by atoms with Crippen LogP contribution in [0.15, 0.2) is 0 Å². The summed E-state index contributed by atoms with van der Waals surface area (Å²) in [6, 6.07) is 0. The molecule has 0 aromatic rings. The minimum Gasteiger partial charge on any atom is -0.304 e. The molecule has 2 fully saturated rings. The highest BCUT2D eigenvalue weighted by Crippen LogP contribution is 2.21. The molecule has 0 amide bonds. The maximum atomic E-state index is 2.61. The van der Waals surface area contributed by atoms with E-state index in [0.29, 0.717) is 0 Å². The van der Waals surface area contributed by atoms with Gasteiger partial charge in [-0.25, -0.2) is 0 Å². The van der Waals surface area contributed by atoms with E-state index in [1.54, 1.807) is 0 Å². The normalized spacial score (nSPS) is 20.2. The zero-order valence-corrected chi connectivity index (χ0v) is 19.6. The van der Waals surface area contributed by atoms with Gasteiger partial charge in [-0.15, -0.1) is 49.6 Å². The maximum absolute atomic E-state index is 2.61. The fraction of sp³-hybridized carbons (Fsp3) is 1.00. The summed E-state index contributed by atoms with van der Waals surface area (Å²) >= 11 is 0. The average molecular weight is 464 g/mol. The van der Waals surface area contributed by atoms with Crippen LogP contribution in [0.1, 0.15) is 0 Å². The van der Waals surface area contributed by atoms with Gasteiger partial charge < -0.3 is 9.80 Å². The number of piperazine rings is 2. The summed E-state index contributed by atoms with van der Waals surface area (Å²) in [6.07, 6.45) is 0. The summed E-state index contributed by atoms with van der Waals surface area (Å²) in [5.74, 6) is 2.55. The molecule has 0 aromatic carbocycles. The summed E-state index contributed by atoms with van der Waals surface area (Å²) < 4.78 is 0. The third-order valence-electron chi connectivity index (χ3n) is 4.26. The summed E-state index contributed by atoms with van der Waals surface area (Å²) in [4.78, 5) is 10.1. The van der Waals surface area contributed by atoms with Crippen molar-refractivity contribution in [1.82, 2.24) is 19.6 Å². The quantitative estimate of drug-likeness (QED) is 0.422. The lowest BCUT2D eigenvalue weighted by molar-refractivity contribution is 0.161. The Balaban J connectivity index is -0.00000110. The van der Waals surface area contributed by atoms with Crippen LogP contribution in [0.2, 0.25) is 0 Å². The Morgan fingerprint density at radius 2 is 0.833 bits per heavy atom. The largest absolute Gasteiger partial charge is 0.304 e. The van der Waals surface area contributed by atoms with Crippen LogP contribution in [-0.2, 0) is 0 Å². The van der Waals surface area contributed by atoms with Gasteiger partial charge in [-0.3, -0.25) is 9.80 Å². The first-order valence-corrected chi connectivity index (χ1v) is 10.3. The summed E-state index contributed by atoms with van der Waals surface area (Å²) in [5, 5.41) is 0. The smallest absolute Gasteiger partial charge is 0.0165 e. The van der Waals surface area contributed by atoms with Crippen molar-refractivity contribution >= 4 is 71.2 Å². The highest BCUT2D eigenvalue weighted by Gasteiger charge is 2.14. The van der Waals surface area contributed by atoms with E-state index in [2.05, 4.69) is 55.3 Å². The first-order valence-electron chi connectivity index (χ1n) is 7.80. The second-order valence-corrected chi connectivity index (χ2v) is 8.64. The molecular formula is C14H34Cl4N4S2. The van der Waals surface area contributed by atoms with Gasteiger partial charge >= 0.3 is 0 Å². The molecule has 2 heterocycles. The minimum absolute atomic E-state index is 0. The number of hydrogen-bond acceptors (Lipinski definition) is 6. The lowest BCUT2D eigenvalue weighted by Crippen LogP contribution is -2.45. The Labute approximate surface area is 181 Å². The van der Waals surface area contributed by atoms with Crippen LogP contribution in [0.3, 0.4) is 0 Å². The van der Waals surface area contributed by atoms with Gasteiger partial charge in [0.1, 0.15) is 0 Å². The van der Waals surface area contributed by atoms with Crippen molar-refractivity contribution in [2.45, 2.75) is 0 Å². The standard InChI is InChI=1S/C14H30N4S2.4ClH/c1-15-3-7-17(8-4-15)11-13-19-20-14-12-18-9-5-16(2)6-10-18;;;;/h3-14H2,1-2H3;4*1H. The van der Waals surface area contributed by atoms with E-state index in [1.807, 2.05) is 0 Å². The molecule has 0 N–H and O–H groups in total. The maximum Gasteiger partial charge on any atom is 0.0165 e. The molecule has 0 atom stereocenters. The Bertz CT molecular complexity index is 241. The predicted molar refractivity (Wildman–Crippen MR) is 122 cm³/mol. The van der Waals surface area contributed by atoms with Gasteiger partial charge in [-0.1, -0.05) is 21.6 Å². The molecule has 4 nitrogen and oxygen atoms in total. The average Bonchev–Trinajstić information content (AvgIpc) is 2.46. The topological polar surface area (TPSA) is 13.0 Å². The third-order valence-corrected chi connectivity index (χ3v) is 6.62. The molecule has 2 rings (SSSR count). The van der Waals surface area contributed by atoms with Gasteiger partial charge in [0.25, 0.3) is 0 Å². The van der Waals surface area contributed by atoms with Crippen molar-refractivity contribution in [1.29, 1.82) is 0 Å². The van der Waals surface area contributed by atoms with E-state index in [-0.39, 0.29) is 49.6 Å². The van der Waals surface area contributed by atoms with Crippen LogP contribution in [0.4, 0.5) is 0 Å². The van der Waals surface area contributed by atoms with Crippen molar-refractivity contribution in [3.63, 3.8) is 0 Å². The van der Waals surface area contributed by atoms with Crippen LogP contribution < -0.4 is 0 Å². The molecule has 2 aliphatic heterocycles. The molecule has 24 heavy (non-hydrogen) atoms. The summed E-state index contributed by atoms with van der Waals surface area (Å²) in [7, 11) is 8.57. The molecule has 2 saturated heterocycles. The number of rotatable bonds is 7. The molecule has 0 bridgehead atoms. The first-order chi connectivity index (χ1) is 9.74. The van der Waals surface area contributed by atoms with Crippen molar-refractivity contribution in [2.75, 3.05) is 91.0 Å². The third kappa shape index (κ3) is 13.0. The Morgan fingerprint density at radius 1 is 0.542 bits per heavy atom. The SMILES string of the molecule is CN1CCN(CCSSCCN2CCN(C)CC2)CC1.Cl.Cl.Cl.Cl. The molecule has 10 heteroatoms. The second kappa shape index (κ2) is 18.1. The number of halogens is 4. The highest BCUT2D eigenvalue weighted by molar-refractivity contribution is 8.76. The predicted octanol–water partition coefficient (Wildman–Crippen LogP) is 2.55. The molecule has 0 radical (unpaired) electrons. The van der Waals surface area contributed by atoms with E-state index >= 15 is 0 Å². The van der Waals surface area contributed by atoms with Crippen LogP contribution in [0, 0.1) is 0 Å². The summed E-state index contributed by atoms with van der Waals surface area (Å²) in [6.45, 7) is 12.5. The molecule has 0 unspecified atom stereocenters. The fourth-order valence-electron chi connectivity index (χ4n) is 2.59. The molecule has 0 aromatic heterocycles. The molecular weight excluding hydrogens is 430 g/mol. The fourth-order valence-corrected chi connectivity index (χ4v) is 4.65. The van der Waals surface area contributed by atoms with E-state index in [4.69, 9.17) is 0 Å². The zero-order valence-electron chi connectivity index (χ0n) is 14.7. The summed E-state index contributed by atoms with van der Waals surface area (Å²) in [5.41, 5.74) is 0. The molecule has 0 aliphatic carbocycles. The number of hydrogen-bond donors (Lipinski definition) is 0. The highest BCUT2D eigenvalue weighted by atomic mass is 35.5. The van der Waals surface area contributed by atoms with Crippen LogP contribution in [0.5, 0.6) is 0 Å². The van der Waals surface area contributed by atoms with Crippen molar-refractivity contribution in [3.05, 3.63) is 0 Å². The Morgan fingerprint density at radius 3 is 1.12 bits per heavy atom. The van der Waals surface area contributed by atoms with Crippen molar-refractivity contribution < 1.29 is 0 Å². The van der Waals surface area contributed by atoms with Gasteiger partial charge in [-0.05, 0) is 14.1 Å². The number of likely N-dealkylation sites (N-methyl/N-ethyl adjacent to an activating group) is 2. The lowest BCUT2D eigenvalue weighted by Gasteiger charge is -2.32. The Kier molecular flexibility index (Phi) is 22.9. The Hall–Kier alpha value is 1.70. The van der Waals surface area contributed by atoms with Crippen molar-refractivity contribution in [2.24, 2.45) is 0 Å². The molecule has 0 spiro atoms. The van der Waals surface area contributed by atoms with Crippen LogP contribution >= 0.6 is 71.2 Å².